The average Bonchev–Trinajstić information content (AvgIpc) is 3.73. The Balaban J connectivity index is 1.55. The van der Waals surface area contributed by atoms with Gasteiger partial charge in [0.1, 0.15) is 12.2 Å². The molecule has 1 aromatic rings. The summed E-state index contributed by atoms with van der Waals surface area (Å²) in [7, 11) is 1.41. The van der Waals surface area contributed by atoms with Crippen LogP contribution < -0.4 is 0 Å². The van der Waals surface area contributed by atoms with Gasteiger partial charge >= 0.3 is 17.9 Å². The van der Waals surface area contributed by atoms with E-state index in [2.05, 4.69) is 27.7 Å². The van der Waals surface area contributed by atoms with Gasteiger partial charge in [0.05, 0.1) is 44.6 Å². The molecule has 0 unspecified atom stereocenters. The SMILES string of the molecule is CC=C(C)C(=O)O[C@H]1C[C@@H](OC(C)=O)[C@@]2(C)CO[C@H]3[C@H]4O[C@H]5C[C@@H](c6ccoc6)C(C)=C5[C@@]4(C)[C@H](CC(=O)OC)[C@]1(C)[C@@H]32. The third kappa shape index (κ3) is 4.13. The molecule has 3 heterocycles. The number of hydrogen-bond acceptors (Lipinski definition) is 9. The molecule has 0 amide bonds. The maximum absolute atomic E-state index is 13.4. The predicted molar refractivity (Wildman–Crippen MR) is 155 cm³/mol. The van der Waals surface area contributed by atoms with Crippen LogP contribution in [0.4, 0.5) is 0 Å². The quantitative estimate of drug-likeness (QED) is 0.187. The van der Waals surface area contributed by atoms with Gasteiger partial charge in [-0.15, -0.1) is 0 Å². The van der Waals surface area contributed by atoms with Crippen molar-refractivity contribution in [3.05, 3.63) is 47.0 Å². The Hall–Kier alpha value is -2.91. The number of methoxy groups -OCH3 is 1. The Morgan fingerprint density at radius 2 is 1.84 bits per heavy atom. The molecule has 4 fully saturated rings. The molecule has 43 heavy (non-hydrogen) atoms. The van der Waals surface area contributed by atoms with Crippen LogP contribution in [-0.4, -0.2) is 62.1 Å². The minimum absolute atomic E-state index is 0.122. The number of allylic oxidation sites excluding steroid dienone is 2. The number of ether oxygens (including phenoxy) is 5. The maximum atomic E-state index is 13.4. The third-order valence-electron chi connectivity index (χ3n) is 12.0. The highest BCUT2D eigenvalue weighted by Gasteiger charge is 2.78. The molecule has 5 aliphatic rings. The van der Waals surface area contributed by atoms with Crippen LogP contribution in [0.5, 0.6) is 0 Å². The first kappa shape index (κ1) is 30.1. The molecule has 9 nitrogen and oxygen atoms in total. The zero-order chi connectivity index (χ0) is 31.1. The van der Waals surface area contributed by atoms with E-state index >= 15 is 0 Å². The summed E-state index contributed by atoms with van der Waals surface area (Å²) in [6, 6.07) is 2.00. The molecule has 0 radical (unpaired) electrons. The Morgan fingerprint density at radius 3 is 2.47 bits per heavy atom. The summed E-state index contributed by atoms with van der Waals surface area (Å²) in [5.41, 5.74) is 2.08. The maximum Gasteiger partial charge on any atom is 0.333 e. The molecule has 0 N–H and O–H groups in total. The Kier molecular flexibility index (Phi) is 7.24. The Morgan fingerprint density at radius 1 is 1.09 bits per heavy atom. The van der Waals surface area contributed by atoms with Crippen molar-refractivity contribution in [2.45, 2.75) is 104 Å². The minimum atomic E-state index is -0.741. The lowest BCUT2D eigenvalue weighted by Crippen LogP contribution is -2.71. The van der Waals surface area contributed by atoms with Crippen LogP contribution in [-0.2, 0) is 38.1 Å². The van der Waals surface area contributed by atoms with Crippen molar-refractivity contribution in [2.24, 2.45) is 28.1 Å². The number of hydrogen-bond donors (Lipinski definition) is 0. The van der Waals surface area contributed by atoms with Gasteiger partial charge < -0.3 is 28.1 Å². The number of rotatable bonds is 6. The summed E-state index contributed by atoms with van der Waals surface area (Å²) in [5, 5.41) is 0. The largest absolute Gasteiger partial charge is 0.472 e. The number of furan rings is 1. The van der Waals surface area contributed by atoms with Gasteiger partial charge in [0.15, 0.2) is 0 Å². The fourth-order valence-electron chi connectivity index (χ4n) is 10.0. The average molecular weight is 597 g/mol. The van der Waals surface area contributed by atoms with Crippen molar-refractivity contribution in [3.63, 3.8) is 0 Å². The highest BCUT2D eigenvalue weighted by atomic mass is 16.6. The molecule has 9 heteroatoms. The second-order valence-electron chi connectivity index (χ2n) is 13.9. The lowest BCUT2D eigenvalue weighted by Gasteiger charge is -2.65. The molecule has 0 bridgehead atoms. The summed E-state index contributed by atoms with van der Waals surface area (Å²) in [6.45, 7) is 13.9. The van der Waals surface area contributed by atoms with E-state index in [1.165, 1.54) is 25.2 Å². The molecule has 6 rings (SSSR count). The molecule has 0 spiro atoms. The van der Waals surface area contributed by atoms with Crippen molar-refractivity contribution < 1.29 is 42.5 Å². The number of carbonyl (C=O) groups is 3. The predicted octanol–water partition coefficient (Wildman–Crippen LogP) is 5.29. The number of esters is 3. The summed E-state index contributed by atoms with van der Waals surface area (Å²) < 4.78 is 36.8. The molecular formula is C34H44O9. The Bertz CT molecular complexity index is 1380. The van der Waals surface area contributed by atoms with Crippen molar-refractivity contribution >= 4 is 17.9 Å². The van der Waals surface area contributed by atoms with Gasteiger partial charge in [0, 0.05) is 53.4 Å². The van der Waals surface area contributed by atoms with Crippen molar-refractivity contribution in [1.29, 1.82) is 0 Å². The fraction of sp³-hybridized carbons (Fsp3) is 0.676. The molecular weight excluding hydrogens is 552 g/mol. The lowest BCUT2D eigenvalue weighted by molar-refractivity contribution is -0.251. The van der Waals surface area contributed by atoms with Crippen LogP contribution in [0, 0.1) is 28.1 Å². The molecule has 2 saturated heterocycles. The standard InChI is InChI=1S/C34H44O9/c1-9-17(2)31(37)43-25-14-24(41-19(4)35)32(5)16-40-28-29(32)33(25,6)23(13-26(36)38-8)34(7)27-18(3)21(20-10-11-39-15-20)12-22(27)42-30(28)34/h9-11,15,21-25,28-30H,12-14,16H2,1-8H3/t21-,22+,23-,24-,25+,28-,29+,30-,32-,33+,34-/m1/s1. The first-order valence-electron chi connectivity index (χ1n) is 15.4. The van der Waals surface area contributed by atoms with E-state index in [0.29, 0.717) is 18.6 Å². The molecule has 2 aliphatic heterocycles. The minimum Gasteiger partial charge on any atom is -0.472 e. The Labute approximate surface area is 253 Å². The van der Waals surface area contributed by atoms with Gasteiger partial charge in [-0.2, -0.15) is 0 Å². The van der Waals surface area contributed by atoms with Gasteiger partial charge in [-0.25, -0.2) is 4.79 Å². The van der Waals surface area contributed by atoms with Crippen LogP contribution in [0.1, 0.15) is 79.2 Å². The van der Waals surface area contributed by atoms with Gasteiger partial charge in [0.2, 0.25) is 0 Å². The van der Waals surface area contributed by atoms with Gasteiger partial charge in [0.25, 0.3) is 0 Å². The van der Waals surface area contributed by atoms with Crippen LogP contribution in [0.2, 0.25) is 0 Å². The molecule has 1 aromatic heterocycles. The molecule has 11 atom stereocenters. The molecule has 2 saturated carbocycles. The molecule has 3 aliphatic carbocycles. The van der Waals surface area contributed by atoms with E-state index in [1.54, 1.807) is 32.4 Å². The van der Waals surface area contributed by atoms with E-state index in [-0.39, 0.29) is 48.5 Å². The van der Waals surface area contributed by atoms with E-state index in [1.807, 2.05) is 6.07 Å². The summed E-state index contributed by atoms with van der Waals surface area (Å²) in [6.07, 6.45) is 4.39. The van der Waals surface area contributed by atoms with E-state index in [0.717, 1.165) is 12.0 Å². The van der Waals surface area contributed by atoms with Crippen molar-refractivity contribution in [2.75, 3.05) is 13.7 Å². The van der Waals surface area contributed by atoms with E-state index < -0.39 is 40.4 Å². The second-order valence-corrected chi connectivity index (χ2v) is 13.9. The fourth-order valence-corrected chi connectivity index (χ4v) is 10.0. The summed E-state index contributed by atoms with van der Waals surface area (Å²) in [4.78, 5) is 39.0. The third-order valence-corrected chi connectivity index (χ3v) is 12.0. The lowest BCUT2D eigenvalue weighted by atomic mass is 9.40. The topological polar surface area (TPSA) is 111 Å². The summed E-state index contributed by atoms with van der Waals surface area (Å²) in [5.74, 6) is -1.54. The van der Waals surface area contributed by atoms with Gasteiger partial charge in [-0.05, 0) is 50.3 Å². The smallest absolute Gasteiger partial charge is 0.333 e. The summed E-state index contributed by atoms with van der Waals surface area (Å²) >= 11 is 0. The van der Waals surface area contributed by atoms with Crippen LogP contribution in [0.15, 0.2) is 45.8 Å². The van der Waals surface area contributed by atoms with Gasteiger partial charge in [-0.3, -0.25) is 9.59 Å². The molecule has 0 aromatic carbocycles. The zero-order valence-corrected chi connectivity index (χ0v) is 26.4. The first-order valence-corrected chi connectivity index (χ1v) is 15.4. The zero-order valence-electron chi connectivity index (χ0n) is 26.4. The van der Waals surface area contributed by atoms with Crippen molar-refractivity contribution in [3.8, 4) is 0 Å². The number of carbonyl (C=O) groups excluding carboxylic acids is 3. The normalized spacial score (nSPS) is 43.1. The van der Waals surface area contributed by atoms with E-state index in [9.17, 15) is 14.4 Å². The monoisotopic (exact) mass is 596 g/mol. The van der Waals surface area contributed by atoms with Crippen LogP contribution in [0.3, 0.4) is 0 Å². The van der Waals surface area contributed by atoms with Crippen molar-refractivity contribution in [1.82, 2.24) is 0 Å². The second kappa shape index (κ2) is 10.3. The highest BCUT2D eigenvalue weighted by molar-refractivity contribution is 5.87. The number of fused-ring (bicyclic) bond motifs is 4. The van der Waals surface area contributed by atoms with Crippen LogP contribution in [0.25, 0.3) is 0 Å². The van der Waals surface area contributed by atoms with Gasteiger partial charge in [-0.1, -0.05) is 32.4 Å². The van der Waals surface area contributed by atoms with Crippen LogP contribution >= 0.6 is 0 Å². The molecule has 234 valence electrons. The van der Waals surface area contributed by atoms with E-state index in [4.69, 9.17) is 28.1 Å². The highest BCUT2D eigenvalue weighted by Crippen LogP contribution is 2.74. The first-order chi connectivity index (χ1) is 20.3.